The Morgan fingerprint density at radius 3 is 2.08 bits per heavy atom. The predicted molar refractivity (Wildman–Crippen MR) is 107 cm³/mol. The highest BCUT2D eigenvalue weighted by molar-refractivity contribution is 9.10. The number of aromatic nitrogens is 3. The lowest BCUT2D eigenvalue weighted by Crippen LogP contribution is -2.41. The molecule has 0 atom stereocenters. The first-order valence-electron chi connectivity index (χ1n) is 7.66. The molecule has 0 aliphatic carbocycles. The molecule has 0 bridgehead atoms. The van der Waals surface area contributed by atoms with Crippen molar-refractivity contribution in [2.75, 3.05) is 0 Å². The highest BCUT2D eigenvalue weighted by Crippen LogP contribution is 2.23. The third-order valence-corrected chi connectivity index (χ3v) is 6.47. The van der Waals surface area contributed by atoms with Crippen molar-refractivity contribution in [2.24, 2.45) is 0 Å². The minimum Gasteiger partial charge on any atom is -0.220 e. The topological polar surface area (TPSA) is 76.9 Å². The minimum atomic E-state index is -3.70. The van der Waals surface area contributed by atoms with Gasteiger partial charge in [-0.1, -0.05) is 37.1 Å². The molecule has 6 nitrogen and oxygen atoms in total. The molecule has 0 unspecified atom stereocenters. The summed E-state index contributed by atoms with van der Waals surface area (Å²) in [6.45, 7) is 3.50. The molecule has 2 aromatic carbocycles. The Bertz CT molecular complexity index is 1010. The van der Waals surface area contributed by atoms with Crippen molar-refractivity contribution in [3.05, 3.63) is 69.4 Å². The van der Waals surface area contributed by atoms with Gasteiger partial charge in [0.15, 0.2) is 0 Å². The van der Waals surface area contributed by atoms with Crippen molar-refractivity contribution in [3.63, 3.8) is 0 Å². The maximum absolute atomic E-state index is 12.7. The van der Waals surface area contributed by atoms with E-state index in [1.807, 2.05) is 24.3 Å². The molecule has 1 N–H and O–H groups in total. The summed E-state index contributed by atoms with van der Waals surface area (Å²) in [6.07, 6.45) is 1.72. The number of nitrogens with zero attached hydrogens (tertiary/aromatic N) is 3. The van der Waals surface area contributed by atoms with Crippen LogP contribution in [0.2, 0.25) is 0 Å². The number of halogens is 2. The van der Waals surface area contributed by atoms with Gasteiger partial charge in [-0.25, -0.2) is 13.1 Å². The Morgan fingerprint density at radius 2 is 1.50 bits per heavy atom. The minimum absolute atomic E-state index is 0.189. The molecular weight excluding hydrogens is 484 g/mol. The second kappa shape index (κ2) is 7.22. The van der Waals surface area contributed by atoms with Gasteiger partial charge >= 0.3 is 0 Å². The normalized spacial score (nSPS) is 12.3. The molecule has 3 aromatic rings. The van der Waals surface area contributed by atoms with E-state index < -0.39 is 15.6 Å². The molecule has 0 saturated heterocycles. The van der Waals surface area contributed by atoms with E-state index in [2.05, 4.69) is 46.9 Å². The quantitative estimate of drug-likeness (QED) is 0.575. The summed E-state index contributed by atoms with van der Waals surface area (Å²) >= 11 is 6.69. The summed E-state index contributed by atoms with van der Waals surface area (Å²) in [4.78, 5) is 0.189. The Kier molecular flexibility index (Phi) is 5.34. The molecule has 3 rings (SSSR count). The van der Waals surface area contributed by atoms with E-state index in [0.29, 0.717) is 5.69 Å². The average Bonchev–Trinajstić information content (AvgIpc) is 3.06. The fraction of sp³-hybridized carbons (Fsp3) is 0.176. The van der Waals surface area contributed by atoms with Gasteiger partial charge in [-0.05, 0) is 62.4 Å². The summed E-state index contributed by atoms with van der Waals surface area (Å²) in [5.41, 5.74) is 0.416. The molecule has 0 aliphatic rings. The van der Waals surface area contributed by atoms with Crippen molar-refractivity contribution in [1.29, 1.82) is 0 Å². The van der Waals surface area contributed by atoms with E-state index in [9.17, 15) is 8.42 Å². The largest absolute Gasteiger partial charge is 0.241 e. The van der Waals surface area contributed by atoms with Crippen molar-refractivity contribution in [3.8, 4) is 5.69 Å². The van der Waals surface area contributed by atoms with Crippen molar-refractivity contribution < 1.29 is 8.42 Å². The van der Waals surface area contributed by atoms with Gasteiger partial charge in [-0.3, -0.25) is 0 Å². The summed E-state index contributed by atoms with van der Waals surface area (Å²) < 4.78 is 31.4. The van der Waals surface area contributed by atoms with E-state index in [4.69, 9.17) is 0 Å². The predicted octanol–water partition coefficient (Wildman–Crippen LogP) is 4.01. The third-order valence-electron chi connectivity index (χ3n) is 3.74. The summed E-state index contributed by atoms with van der Waals surface area (Å²) in [5, 5.41) is 8.25. The molecule has 9 heteroatoms. The Hall–Kier alpha value is -1.55. The number of benzene rings is 2. The molecule has 136 valence electrons. The highest BCUT2D eigenvalue weighted by atomic mass is 79.9. The fourth-order valence-corrected chi connectivity index (χ4v) is 4.25. The second-order valence-corrected chi connectivity index (χ2v) is 9.72. The number of hydrogen-bond donors (Lipinski definition) is 1. The monoisotopic (exact) mass is 498 g/mol. The average molecular weight is 500 g/mol. The SMILES string of the molecule is CC(C)(NS(=O)(=O)c1ccc(Br)cc1)c1cn(-c2ccc(Br)cc2)nn1. The second-order valence-electron chi connectivity index (χ2n) is 6.21. The van der Waals surface area contributed by atoms with Crippen LogP contribution in [-0.2, 0) is 15.6 Å². The number of nitrogens with one attached hydrogen (secondary N) is 1. The molecule has 1 aromatic heterocycles. The lowest BCUT2D eigenvalue weighted by atomic mass is 10.0. The number of hydrogen-bond acceptors (Lipinski definition) is 4. The zero-order valence-corrected chi connectivity index (χ0v) is 18.0. The van der Waals surface area contributed by atoms with Crippen molar-refractivity contribution >= 4 is 41.9 Å². The van der Waals surface area contributed by atoms with E-state index in [1.54, 1.807) is 49.0 Å². The number of sulfonamides is 1. The third kappa shape index (κ3) is 4.22. The zero-order chi connectivity index (χ0) is 18.9. The molecule has 0 saturated carbocycles. The van der Waals surface area contributed by atoms with Crippen LogP contribution < -0.4 is 4.72 Å². The maximum atomic E-state index is 12.7. The molecule has 1 heterocycles. The van der Waals surface area contributed by atoms with E-state index in [0.717, 1.165) is 14.6 Å². The molecule has 0 aliphatic heterocycles. The van der Waals surface area contributed by atoms with E-state index >= 15 is 0 Å². The van der Waals surface area contributed by atoms with Crippen molar-refractivity contribution in [2.45, 2.75) is 24.3 Å². The lowest BCUT2D eigenvalue weighted by Gasteiger charge is -2.23. The van der Waals surface area contributed by atoms with Crippen LogP contribution in [0.1, 0.15) is 19.5 Å². The van der Waals surface area contributed by atoms with Crippen LogP contribution in [0.25, 0.3) is 5.69 Å². The first-order valence-corrected chi connectivity index (χ1v) is 10.7. The van der Waals surface area contributed by atoms with Crippen LogP contribution in [0.4, 0.5) is 0 Å². The smallest absolute Gasteiger partial charge is 0.220 e. The summed E-state index contributed by atoms with van der Waals surface area (Å²) in [5.74, 6) is 0. The van der Waals surface area contributed by atoms with E-state index in [-0.39, 0.29) is 4.90 Å². The molecule has 26 heavy (non-hydrogen) atoms. The highest BCUT2D eigenvalue weighted by Gasteiger charge is 2.30. The van der Waals surface area contributed by atoms with Crippen LogP contribution in [-0.4, -0.2) is 23.4 Å². The zero-order valence-electron chi connectivity index (χ0n) is 14.0. The molecule has 0 spiro atoms. The molecule has 0 amide bonds. The maximum Gasteiger partial charge on any atom is 0.241 e. The van der Waals surface area contributed by atoms with Crippen LogP contribution in [0.3, 0.4) is 0 Å². The van der Waals surface area contributed by atoms with Crippen LogP contribution in [0.15, 0.2) is 68.6 Å². The van der Waals surface area contributed by atoms with Gasteiger partial charge in [-0.2, -0.15) is 4.72 Å². The van der Waals surface area contributed by atoms with Crippen LogP contribution in [0, 0.1) is 0 Å². The first kappa shape index (κ1) is 19.2. The Morgan fingerprint density at radius 1 is 0.962 bits per heavy atom. The van der Waals surface area contributed by atoms with Gasteiger partial charge in [-0.15, -0.1) is 5.10 Å². The number of rotatable bonds is 5. The standard InChI is InChI=1S/C17H16Br2N4O2S/c1-17(2,21-26(24,25)15-9-5-13(19)6-10-15)16-11-23(22-20-16)14-7-3-12(18)4-8-14/h3-11,21H,1-2H3. The lowest BCUT2D eigenvalue weighted by molar-refractivity contribution is 0.459. The van der Waals surface area contributed by atoms with Gasteiger partial charge in [0.25, 0.3) is 0 Å². The van der Waals surface area contributed by atoms with Crippen LogP contribution in [0.5, 0.6) is 0 Å². The van der Waals surface area contributed by atoms with Gasteiger partial charge in [0.1, 0.15) is 5.69 Å². The van der Waals surface area contributed by atoms with Crippen LogP contribution >= 0.6 is 31.9 Å². The first-order chi connectivity index (χ1) is 12.2. The fourth-order valence-electron chi connectivity index (χ4n) is 2.33. The van der Waals surface area contributed by atoms with Gasteiger partial charge in [0, 0.05) is 8.95 Å². The van der Waals surface area contributed by atoms with Gasteiger partial charge in [0.2, 0.25) is 10.0 Å². The summed E-state index contributed by atoms with van der Waals surface area (Å²) in [6, 6.07) is 14.0. The molecular formula is C17H16Br2N4O2S. The van der Waals surface area contributed by atoms with E-state index in [1.165, 1.54) is 0 Å². The van der Waals surface area contributed by atoms with Gasteiger partial charge < -0.3 is 0 Å². The Labute approximate surface area is 168 Å². The van der Waals surface area contributed by atoms with Crippen molar-refractivity contribution in [1.82, 2.24) is 19.7 Å². The molecule has 0 fully saturated rings. The summed E-state index contributed by atoms with van der Waals surface area (Å²) in [7, 11) is -3.70. The van der Waals surface area contributed by atoms with Gasteiger partial charge in [0.05, 0.1) is 22.3 Å². The Balaban J connectivity index is 1.86. The molecule has 0 radical (unpaired) electrons.